The molecule has 1 amide bonds. The number of benzene rings is 1. The van der Waals surface area contributed by atoms with Crippen LogP contribution in [0.4, 0.5) is 0 Å². The molecule has 164 valence electrons. The van der Waals surface area contributed by atoms with Crippen molar-refractivity contribution in [2.24, 2.45) is 0 Å². The average Bonchev–Trinajstić information content (AvgIpc) is 3.48. The summed E-state index contributed by atoms with van der Waals surface area (Å²) in [5.74, 6) is 2.11. The Balaban J connectivity index is 1.53. The van der Waals surface area contributed by atoms with Gasteiger partial charge in [0.05, 0.1) is 22.9 Å². The fourth-order valence-electron chi connectivity index (χ4n) is 3.55. The van der Waals surface area contributed by atoms with Gasteiger partial charge in [0, 0.05) is 26.2 Å². The molecule has 7 nitrogen and oxygen atoms in total. The van der Waals surface area contributed by atoms with Crippen molar-refractivity contribution >= 4 is 29.0 Å². The van der Waals surface area contributed by atoms with Crippen LogP contribution < -0.4 is 4.74 Å². The van der Waals surface area contributed by atoms with Crippen LogP contribution in [0.3, 0.4) is 0 Å². The predicted octanol–water partition coefficient (Wildman–Crippen LogP) is 3.65. The van der Waals surface area contributed by atoms with Gasteiger partial charge in [-0.25, -0.2) is 0 Å². The maximum atomic E-state index is 12.8. The van der Waals surface area contributed by atoms with Crippen LogP contribution in [-0.4, -0.2) is 75.6 Å². The van der Waals surface area contributed by atoms with Gasteiger partial charge in [-0.3, -0.25) is 9.36 Å². The Labute approximate surface area is 191 Å². The zero-order valence-corrected chi connectivity index (χ0v) is 19.5. The number of rotatable bonds is 8. The van der Waals surface area contributed by atoms with E-state index >= 15 is 0 Å². The highest BCUT2D eigenvalue weighted by Gasteiger charge is 2.22. The third-order valence-electron chi connectivity index (χ3n) is 5.28. The van der Waals surface area contributed by atoms with Crippen molar-refractivity contribution in [3.63, 3.8) is 0 Å². The predicted molar refractivity (Wildman–Crippen MR) is 125 cm³/mol. The van der Waals surface area contributed by atoms with Crippen LogP contribution >= 0.6 is 23.1 Å². The third-order valence-corrected chi connectivity index (χ3v) is 7.06. The molecule has 0 radical (unpaired) electrons. The maximum absolute atomic E-state index is 12.8. The molecule has 1 aliphatic heterocycles. The number of thioether (sulfide) groups is 1. The minimum atomic E-state index is 0.152. The van der Waals surface area contributed by atoms with Crippen LogP contribution in [0.5, 0.6) is 5.75 Å². The van der Waals surface area contributed by atoms with E-state index in [0.717, 1.165) is 54.9 Å². The molecule has 0 unspecified atom stereocenters. The lowest BCUT2D eigenvalue weighted by molar-refractivity contribution is -0.130. The summed E-state index contributed by atoms with van der Waals surface area (Å²) < 4.78 is 7.60. The van der Waals surface area contributed by atoms with Gasteiger partial charge in [-0.05, 0) is 49.2 Å². The molecule has 1 aromatic carbocycles. The van der Waals surface area contributed by atoms with Gasteiger partial charge >= 0.3 is 0 Å². The minimum absolute atomic E-state index is 0.152. The number of carbonyl (C=O) groups is 1. The van der Waals surface area contributed by atoms with E-state index in [0.29, 0.717) is 17.5 Å². The number of thiophene rings is 1. The number of piperazine rings is 1. The Hall–Kier alpha value is -2.36. The fraction of sp³-hybridized carbons (Fsp3) is 0.409. The molecule has 0 aliphatic carbocycles. The molecule has 3 heterocycles. The highest BCUT2D eigenvalue weighted by atomic mass is 32.2. The molecule has 1 fully saturated rings. The molecule has 0 bridgehead atoms. The lowest BCUT2D eigenvalue weighted by Gasteiger charge is -2.34. The maximum Gasteiger partial charge on any atom is 0.233 e. The molecule has 0 spiro atoms. The van der Waals surface area contributed by atoms with Crippen LogP contribution in [0.25, 0.3) is 16.4 Å². The molecule has 1 saturated heterocycles. The van der Waals surface area contributed by atoms with E-state index in [4.69, 9.17) is 4.74 Å². The summed E-state index contributed by atoms with van der Waals surface area (Å²) in [7, 11) is 0. The van der Waals surface area contributed by atoms with Gasteiger partial charge < -0.3 is 14.5 Å². The molecular weight excluding hydrogens is 430 g/mol. The number of hydrogen-bond acceptors (Lipinski definition) is 7. The number of nitrogens with zero attached hydrogens (tertiary/aromatic N) is 5. The zero-order valence-electron chi connectivity index (χ0n) is 17.9. The molecule has 4 rings (SSSR count). The molecule has 2 aromatic heterocycles. The smallest absolute Gasteiger partial charge is 0.233 e. The standard InChI is InChI=1S/C22H27N5O2S2/c1-3-25-11-13-26(14-12-25)20(28)16-31-22-24-23-21(19-6-5-15-30-19)27(22)17-7-9-18(10-8-17)29-4-2/h5-10,15H,3-4,11-14,16H2,1-2H3. The highest BCUT2D eigenvalue weighted by Crippen LogP contribution is 2.31. The van der Waals surface area contributed by atoms with Crippen LogP contribution in [0.2, 0.25) is 0 Å². The second-order valence-electron chi connectivity index (χ2n) is 7.15. The molecule has 31 heavy (non-hydrogen) atoms. The lowest BCUT2D eigenvalue weighted by Crippen LogP contribution is -2.49. The van der Waals surface area contributed by atoms with Crippen LogP contribution in [0.15, 0.2) is 46.9 Å². The summed E-state index contributed by atoms with van der Waals surface area (Å²) in [5.41, 5.74) is 0.948. The summed E-state index contributed by atoms with van der Waals surface area (Å²) in [4.78, 5) is 18.1. The van der Waals surface area contributed by atoms with Crippen LogP contribution in [0, 0.1) is 0 Å². The Morgan fingerprint density at radius 3 is 2.52 bits per heavy atom. The van der Waals surface area contributed by atoms with Crippen LogP contribution in [-0.2, 0) is 4.79 Å². The monoisotopic (exact) mass is 457 g/mol. The van der Waals surface area contributed by atoms with Gasteiger partial charge in [-0.2, -0.15) is 0 Å². The largest absolute Gasteiger partial charge is 0.494 e. The first kappa shape index (κ1) is 21.9. The molecule has 0 atom stereocenters. The van der Waals surface area contributed by atoms with E-state index in [2.05, 4.69) is 22.0 Å². The summed E-state index contributed by atoms with van der Waals surface area (Å²) in [6.07, 6.45) is 0. The van der Waals surface area contributed by atoms with Crippen molar-refractivity contribution in [1.29, 1.82) is 0 Å². The zero-order chi connectivity index (χ0) is 21.6. The summed E-state index contributed by atoms with van der Waals surface area (Å²) >= 11 is 3.06. The van der Waals surface area contributed by atoms with E-state index in [1.54, 1.807) is 11.3 Å². The first-order chi connectivity index (χ1) is 15.2. The normalized spacial score (nSPS) is 14.7. The molecule has 1 aliphatic rings. The summed E-state index contributed by atoms with van der Waals surface area (Å²) in [5, 5.41) is 11.6. The first-order valence-corrected chi connectivity index (χ1v) is 12.4. The quantitative estimate of drug-likeness (QED) is 0.481. The summed E-state index contributed by atoms with van der Waals surface area (Å²) in [6, 6.07) is 11.9. The van der Waals surface area contributed by atoms with Crippen molar-refractivity contribution in [3.05, 3.63) is 41.8 Å². The van der Waals surface area contributed by atoms with Crippen LogP contribution in [0.1, 0.15) is 13.8 Å². The van der Waals surface area contributed by atoms with Crippen molar-refractivity contribution in [2.45, 2.75) is 19.0 Å². The highest BCUT2D eigenvalue weighted by molar-refractivity contribution is 7.99. The van der Waals surface area contributed by atoms with E-state index in [-0.39, 0.29) is 5.91 Å². The first-order valence-electron chi connectivity index (χ1n) is 10.5. The molecule has 3 aromatic rings. The number of hydrogen-bond donors (Lipinski definition) is 0. The molecular formula is C22H27N5O2S2. The Morgan fingerprint density at radius 2 is 1.87 bits per heavy atom. The van der Waals surface area contributed by atoms with Gasteiger partial charge in [-0.1, -0.05) is 24.8 Å². The molecule has 9 heteroatoms. The molecule has 0 N–H and O–H groups in total. The number of likely N-dealkylation sites (N-methyl/N-ethyl adjacent to an activating group) is 1. The van der Waals surface area contributed by atoms with Crippen molar-refractivity contribution in [2.75, 3.05) is 45.1 Å². The van der Waals surface area contributed by atoms with E-state index in [9.17, 15) is 4.79 Å². The van der Waals surface area contributed by atoms with Gasteiger partial charge in [0.1, 0.15) is 5.75 Å². The van der Waals surface area contributed by atoms with E-state index in [1.807, 2.05) is 58.2 Å². The Morgan fingerprint density at radius 1 is 1.10 bits per heavy atom. The number of ether oxygens (including phenoxy) is 1. The fourth-order valence-corrected chi connectivity index (χ4v) is 5.10. The number of aromatic nitrogens is 3. The van der Waals surface area contributed by atoms with Gasteiger partial charge in [0.25, 0.3) is 0 Å². The molecule has 0 saturated carbocycles. The lowest BCUT2D eigenvalue weighted by atomic mass is 10.3. The van der Waals surface area contributed by atoms with Gasteiger partial charge in [0.2, 0.25) is 5.91 Å². The Kier molecular flexibility index (Phi) is 7.26. The van der Waals surface area contributed by atoms with E-state index < -0.39 is 0 Å². The van der Waals surface area contributed by atoms with Crippen molar-refractivity contribution in [3.8, 4) is 22.1 Å². The topological polar surface area (TPSA) is 63.5 Å². The van der Waals surface area contributed by atoms with Gasteiger partial charge in [0.15, 0.2) is 11.0 Å². The third kappa shape index (κ3) is 5.11. The second kappa shape index (κ2) is 10.3. The number of carbonyl (C=O) groups excluding carboxylic acids is 1. The minimum Gasteiger partial charge on any atom is -0.494 e. The average molecular weight is 458 g/mol. The van der Waals surface area contributed by atoms with Crippen molar-refractivity contribution in [1.82, 2.24) is 24.6 Å². The van der Waals surface area contributed by atoms with E-state index in [1.165, 1.54) is 11.8 Å². The number of amides is 1. The second-order valence-corrected chi connectivity index (χ2v) is 9.04. The summed E-state index contributed by atoms with van der Waals surface area (Å²) in [6.45, 7) is 9.26. The SMILES string of the molecule is CCOc1ccc(-n2c(SCC(=O)N3CCN(CC)CC3)nnc2-c2cccs2)cc1. The Bertz CT molecular complexity index is 980. The van der Waals surface area contributed by atoms with Gasteiger partial charge in [-0.15, -0.1) is 21.5 Å². The van der Waals surface area contributed by atoms with Crippen molar-refractivity contribution < 1.29 is 9.53 Å².